The quantitative estimate of drug-likeness (QED) is 0.490. The van der Waals surface area contributed by atoms with Crippen molar-refractivity contribution in [3.8, 4) is 0 Å². The van der Waals surface area contributed by atoms with Crippen molar-refractivity contribution in [2.75, 3.05) is 25.4 Å². The summed E-state index contributed by atoms with van der Waals surface area (Å²) in [4.78, 5) is 4.23. The summed E-state index contributed by atoms with van der Waals surface area (Å²) in [6.45, 7) is 2.87. The molecule has 0 fully saturated rings. The number of rotatable bonds is 2. The van der Waals surface area contributed by atoms with E-state index < -0.39 is 0 Å². The number of guanidine groups is 1. The first kappa shape index (κ1) is 7.72. The third kappa shape index (κ3) is 2.47. The molecule has 4 heteroatoms. The van der Waals surface area contributed by atoms with Crippen molar-refractivity contribution in [2.24, 2.45) is 4.99 Å². The average Bonchev–Trinajstić information content (AvgIpc) is 2.03. The Balaban J connectivity index is 2.18. The molecular weight excluding hydrogens is 146 g/mol. The zero-order valence-electron chi connectivity index (χ0n) is 5.93. The number of thiol groups is 1. The molecule has 0 radical (unpaired) electrons. The van der Waals surface area contributed by atoms with Gasteiger partial charge in [0.05, 0.1) is 0 Å². The van der Waals surface area contributed by atoms with Crippen LogP contribution in [-0.2, 0) is 0 Å². The maximum Gasteiger partial charge on any atom is 0.191 e. The lowest BCUT2D eigenvalue weighted by Gasteiger charge is -2.14. The molecule has 0 spiro atoms. The van der Waals surface area contributed by atoms with E-state index in [-0.39, 0.29) is 0 Å². The number of hydrogen-bond acceptors (Lipinski definition) is 4. The smallest absolute Gasteiger partial charge is 0.191 e. The Kier molecular flexibility index (Phi) is 3.43. The lowest BCUT2D eigenvalue weighted by atomic mass is 10.4. The van der Waals surface area contributed by atoms with Crippen LogP contribution in [0.1, 0.15) is 6.42 Å². The van der Waals surface area contributed by atoms with Crippen LogP contribution in [0.5, 0.6) is 0 Å². The molecular formula is C6H13N3S. The van der Waals surface area contributed by atoms with Crippen molar-refractivity contribution in [3.63, 3.8) is 0 Å². The van der Waals surface area contributed by atoms with Crippen LogP contribution < -0.4 is 10.6 Å². The standard InChI is InChI=1S/C6H13N3S/c10-5-4-9-6-7-2-1-3-8-6/h10H,1-5H2,(H2,7,8,9). The number of aliphatic imine (C=N–C) groups is 1. The van der Waals surface area contributed by atoms with Crippen molar-refractivity contribution < 1.29 is 0 Å². The first-order valence-electron chi connectivity index (χ1n) is 3.56. The molecule has 0 atom stereocenters. The Labute approximate surface area is 66.7 Å². The molecule has 1 rings (SSSR count). The van der Waals surface area contributed by atoms with E-state index in [0.29, 0.717) is 0 Å². The van der Waals surface area contributed by atoms with E-state index in [1.54, 1.807) is 0 Å². The van der Waals surface area contributed by atoms with E-state index in [9.17, 15) is 0 Å². The highest BCUT2D eigenvalue weighted by atomic mass is 32.1. The lowest BCUT2D eigenvalue weighted by Crippen LogP contribution is -2.41. The van der Waals surface area contributed by atoms with Gasteiger partial charge in [-0.1, -0.05) is 0 Å². The normalized spacial score (nSPS) is 17.5. The molecule has 2 N–H and O–H groups in total. The molecule has 0 unspecified atom stereocenters. The van der Waals surface area contributed by atoms with Crippen LogP contribution >= 0.6 is 12.6 Å². The fourth-order valence-electron chi connectivity index (χ4n) is 0.825. The zero-order chi connectivity index (χ0) is 7.23. The van der Waals surface area contributed by atoms with Crippen LogP contribution in [0.3, 0.4) is 0 Å². The highest BCUT2D eigenvalue weighted by Gasteiger charge is 2.00. The molecule has 3 nitrogen and oxygen atoms in total. The van der Waals surface area contributed by atoms with Crippen LogP contribution in [0.25, 0.3) is 0 Å². The van der Waals surface area contributed by atoms with E-state index in [1.807, 2.05) is 0 Å². The van der Waals surface area contributed by atoms with Gasteiger partial charge < -0.3 is 10.6 Å². The monoisotopic (exact) mass is 159 g/mol. The van der Waals surface area contributed by atoms with Gasteiger partial charge in [-0.3, -0.25) is 4.99 Å². The molecule has 58 valence electrons. The fourth-order valence-corrected chi connectivity index (χ4v) is 0.937. The molecule has 0 aromatic rings. The second-order valence-corrected chi connectivity index (χ2v) is 2.61. The first-order valence-corrected chi connectivity index (χ1v) is 4.20. The van der Waals surface area contributed by atoms with Gasteiger partial charge in [-0.15, -0.1) is 0 Å². The summed E-state index contributed by atoms with van der Waals surface area (Å²) >= 11 is 4.07. The highest BCUT2D eigenvalue weighted by Crippen LogP contribution is 1.86. The van der Waals surface area contributed by atoms with Gasteiger partial charge in [-0.05, 0) is 6.42 Å². The molecule has 0 saturated carbocycles. The third-order valence-corrected chi connectivity index (χ3v) is 1.53. The van der Waals surface area contributed by atoms with Gasteiger partial charge in [0.25, 0.3) is 0 Å². The second kappa shape index (κ2) is 4.44. The predicted molar refractivity (Wildman–Crippen MR) is 46.8 cm³/mol. The average molecular weight is 159 g/mol. The Morgan fingerprint density at radius 2 is 2.60 bits per heavy atom. The summed E-state index contributed by atoms with van der Waals surface area (Å²) in [5, 5.41) is 6.29. The maximum atomic E-state index is 4.23. The minimum Gasteiger partial charge on any atom is -0.356 e. The van der Waals surface area contributed by atoms with Crippen LogP contribution in [0.4, 0.5) is 0 Å². The van der Waals surface area contributed by atoms with Crippen molar-refractivity contribution in [3.05, 3.63) is 0 Å². The lowest BCUT2D eigenvalue weighted by molar-refractivity contribution is 0.710. The van der Waals surface area contributed by atoms with Gasteiger partial charge >= 0.3 is 0 Å². The Bertz CT molecular complexity index is 124. The molecule has 0 aliphatic carbocycles. The van der Waals surface area contributed by atoms with E-state index in [0.717, 1.165) is 37.8 Å². The molecule has 1 aliphatic heterocycles. The van der Waals surface area contributed by atoms with Gasteiger partial charge in [0.1, 0.15) is 0 Å². The van der Waals surface area contributed by atoms with E-state index in [1.165, 1.54) is 0 Å². The van der Waals surface area contributed by atoms with Gasteiger partial charge in [0.15, 0.2) is 5.96 Å². The molecule has 0 saturated heterocycles. The molecule has 1 aliphatic rings. The van der Waals surface area contributed by atoms with E-state index in [2.05, 4.69) is 28.3 Å². The summed E-state index contributed by atoms with van der Waals surface area (Å²) in [5.41, 5.74) is 0. The summed E-state index contributed by atoms with van der Waals surface area (Å²) in [6, 6.07) is 0. The summed E-state index contributed by atoms with van der Waals surface area (Å²) in [6.07, 6.45) is 1.14. The summed E-state index contributed by atoms with van der Waals surface area (Å²) < 4.78 is 0. The highest BCUT2D eigenvalue weighted by molar-refractivity contribution is 7.80. The first-order chi connectivity index (χ1) is 4.93. The van der Waals surface area contributed by atoms with Crippen molar-refractivity contribution >= 4 is 18.6 Å². The minimum atomic E-state index is 0.848. The fraction of sp³-hybridized carbons (Fsp3) is 0.833. The molecule has 0 aromatic heterocycles. The zero-order valence-corrected chi connectivity index (χ0v) is 6.82. The van der Waals surface area contributed by atoms with Crippen LogP contribution in [-0.4, -0.2) is 31.3 Å². The van der Waals surface area contributed by atoms with Crippen LogP contribution in [0.2, 0.25) is 0 Å². The second-order valence-electron chi connectivity index (χ2n) is 2.16. The Hall–Kier alpha value is -0.380. The van der Waals surface area contributed by atoms with Gasteiger partial charge in [-0.2, -0.15) is 12.6 Å². The third-order valence-electron chi connectivity index (χ3n) is 1.30. The number of nitrogens with zero attached hydrogens (tertiary/aromatic N) is 1. The van der Waals surface area contributed by atoms with Crippen molar-refractivity contribution in [1.82, 2.24) is 10.6 Å². The van der Waals surface area contributed by atoms with Gasteiger partial charge in [0, 0.05) is 25.4 Å². The molecule has 0 bridgehead atoms. The van der Waals surface area contributed by atoms with Crippen LogP contribution in [0.15, 0.2) is 4.99 Å². The Morgan fingerprint density at radius 3 is 3.20 bits per heavy atom. The maximum absolute atomic E-state index is 4.23. The summed E-state index contributed by atoms with van der Waals surface area (Å²) in [7, 11) is 0. The molecule has 10 heavy (non-hydrogen) atoms. The summed E-state index contributed by atoms with van der Waals surface area (Å²) in [5.74, 6) is 1.78. The minimum absolute atomic E-state index is 0.848. The van der Waals surface area contributed by atoms with Crippen LogP contribution in [0, 0.1) is 0 Å². The largest absolute Gasteiger partial charge is 0.356 e. The topological polar surface area (TPSA) is 36.4 Å². The SMILES string of the molecule is SCCNC1=NCCCN1. The number of hydrogen-bond donors (Lipinski definition) is 3. The molecule has 1 heterocycles. The van der Waals surface area contributed by atoms with E-state index in [4.69, 9.17) is 0 Å². The number of nitrogens with one attached hydrogen (secondary N) is 2. The molecule has 0 aromatic carbocycles. The molecule has 0 amide bonds. The Morgan fingerprint density at radius 1 is 1.70 bits per heavy atom. The van der Waals surface area contributed by atoms with Gasteiger partial charge in [-0.25, -0.2) is 0 Å². The van der Waals surface area contributed by atoms with Gasteiger partial charge in [0.2, 0.25) is 0 Å². The predicted octanol–water partition coefficient (Wildman–Crippen LogP) is -0.145. The van der Waals surface area contributed by atoms with Crippen molar-refractivity contribution in [1.29, 1.82) is 0 Å². The van der Waals surface area contributed by atoms with E-state index >= 15 is 0 Å². The van der Waals surface area contributed by atoms with Crippen molar-refractivity contribution in [2.45, 2.75) is 6.42 Å².